The molecule has 0 amide bonds. The summed E-state index contributed by atoms with van der Waals surface area (Å²) >= 11 is 6.26. The molecule has 106 valence electrons. The number of halogens is 1. The van der Waals surface area contributed by atoms with Crippen molar-refractivity contribution in [3.05, 3.63) is 57.6 Å². The smallest absolute Gasteiger partial charge is 0.125 e. The number of nitrogens with one attached hydrogen (secondary N) is 1. The Kier molecular flexibility index (Phi) is 4.56. The molecule has 0 saturated carbocycles. The fourth-order valence-corrected chi connectivity index (χ4v) is 2.77. The van der Waals surface area contributed by atoms with Gasteiger partial charge < -0.3 is 10.1 Å². The molecule has 0 aromatic heterocycles. The van der Waals surface area contributed by atoms with Crippen LogP contribution < -0.4 is 10.1 Å². The second kappa shape index (κ2) is 6.19. The molecule has 2 rings (SSSR count). The van der Waals surface area contributed by atoms with E-state index in [-0.39, 0.29) is 0 Å². The number of ether oxygens (including phenoxy) is 1. The number of methoxy groups -OCH3 is 1. The molecular formula is C17H20ClNO. The van der Waals surface area contributed by atoms with Crippen molar-refractivity contribution in [3.63, 3.8) is 0 Å². The molecule has 0 heterocycles. The Morgan fingerprint density at radius 2 is 1.75 bits per heavy atom. The minimum atomic E-state index is 0.646. The minimum Gasteiger partial charge on any atom is -0.496 e. The Hall–Kier alpha value is -1.67. The topological polar surface area (TPSA) is 21.3 Å². The second-order valence-corrected chi connectivity index (χ2v) is 5.46. The van der Waals surface area contributed by atoms with Crippen molar-refractivity contribution in [2.45, 2.75) is 27.3 Å². The number of anilines is 1. The molecule has 2 nitrogen and oxygen atoms in total. The summed E-state index contributed by atoms with van der Waals surface area (Å²) in [6.07, 6.45) is 0. The van der Waals surface area contributed by atoms with Gasteiger partial charge in [-0.2, -0.15) is 0 Å². The van der Waals surface area contributed by atoms with Gasteiger partial charge in [0.25, 0.3) is 0 Å². The molecule has 0 radical (unpaired) electrons. The summed E-state index contributed by atoms with van der Waals surface area (Å²) in [5, 5.41) is 4.20. The quantitative estimate of drug-likeness (QED) is 0.865. The molecule has 0 aliphatic carbocycles. The van der Waals surface area contributed by atoms with E-state index in [1.807, 2.05) is 18.2 Å². The monoisotopic (exact) mass is 289 g/mol. The molecule has 20 heavy (non-hydrogen) atoms. The molecule has 1 N–H and O–H groups in total. The van der Waals surface area contributed by atoms with Gasteiger partial charge in [-0.3, -0.25) is 0 Å². The number of benzene rings is 2. The lowest BCUT2D eigenvalue weighted by atomic mass is 10.0. The molecule has 0 bridgehead atoms. The maximum atomic E-state index is 6.26. The fraction of sp³-hybridized carbons (Fsp3) is 0.294. The Morgan fingerprint density at radius 3 is 2.35 bits per heavy atom. The van der Waals surface area contributed by atoms with E-state index in [1.165, 1.54) is 16.7 Å². The molecule has 0 fully saturated rings. The number of rotatable bonds is 4. The third-order valence-electron chi connectivity index (χ3n) is 3.41. The average molecular weight is 290 g/mol. The van der Waals surface area contributed by atoms with E-state index in [4.69, 9.17) is 16.3 Å². The summed E-state index contributed by atoms with van der Waals surface area (Å²) in [4.78, 5) is 0. The molecule has 0 unspecified atom stereocenters. The second-order valence-electron chi connectivity index (χ2n) is 5.05. The van der Waals surface area contributed by atoms with Crippen LogP contribution in [0.2, 0.25) is 5.02 Å². The van der Waals surface area contributed by atoms with Gasteiger partial charge in [-0.05, 0) is 44.0 Å². The number of hydrogen-bond acceptors (Lipinski definition) is 2. The summed E-state index contributed by atoms with van der Waals surface area (Å²) in [6.45, 7) is 6.99. The van der Waals surface area contributed by atoms with E-state index in [1.54, 1.807) is 7.11 Å². The van der Waals surface area contributed by atoms with Gasteiger partial charge in [-0.15, -0.1) is 0 Å². The molecule has 0 atom stereocenters. The van der Waals surface area contributed by atoms with E-state index in [0.717, 1.165) is 22.0 Å². The maximum absolute atomic E-state index is 6.26. The SMILES string of the molecule is COc1cccc(Cl)c1CNc1c(C)cc(C)cc1C. The van der Waals surface area contributed by atoms with Crippen LogP contribution in [0.15, 0.2) is 30.3 Å². The molecule has 0 spiro atoms. The largest absolute Gasteiger partial charge is 0.496 e. The van der Waals surface area contributed by atoms with Gasteiger partial charge in [0.05, 0.1) is 7.11 Å². The highest BCUT2D eigenvalue weighted by molar-refractivity contribution is 6.31. The van der Waals surface area contributed by atoms with Crippen molar-refractivity contribution >= 4 is 17.3 Å². The highest BCUT2D eigenvalue weighted by atomic mass is 35.5. The molecule has 0 aliphatic rings. The van der Waals surface area contributed by atoms with Crippen molar-refractivity contribution in [1.29, 1.82) is 0 Å². The van der Waals surface area contributed by atoms with Crippen molar-refractivity contribution < 1.29 is 4.74 Å². The molecule has 0 saturated heterocycles. The predicted molar refractivity (Wildman–Crippen MR) is 86.0 cm³/mol. The van der Waals surface area contributed by atoms with E-state index < -0.39 is 0 Å². The third kappa shape index (κ3) is 3.07. The first kappa shape index (κ1) is 14.7. The molecule has 2 aromatic carbocycles. The Morgan fingerprint density at radius 1 is 1.10 bits per heavy atom. The van der Waals surface area contributed by atoms with E-state index >= 15 is 0 Å². The van der Waals surface area contributed by atoms with Crippen LogP contribution in [0.25, 0.3) is 0 Å². The summed E-state index contributed by atoms with van der Waals surface area (Å²) < 4.78 is 5.37. The number of hydrogen-bond donors (Lipinski definition) is 1. The van der Waals surface area contributed by atoms with Gasteiger partial charge in [0.1, 0.15) is 5.75 Å². The first-order valence-electron chi connectivity index (χ1n) is 6.66. The summed E-state index contributed by atoms with van der Waals surface area (Å²) in [7, 11) is 1.66. The van der Waals surface area contributed by atoms with Gasteiger partial charge in [0.15, 0.2) is 0 Å². The lowest BCUT2D eigenvalue weighted by Crippen LogP contribution is -2.05. The summed E-state index contributed by atoms with van der Waals surface area (Å²) in [6, 6.07) is 10.1. The fourth-order valence-electron chi connectivity index (χ4n) is 2.54. The van der Waals surface area contributed by atoms with E-state index in [9.17, 15) is 0 Å². The zero-order valence-electron chi connectivity index (χ0n) is 12.4. The molecule has 0 aliphatic heterocycles. The van der Waals surface area contributed by atoms with Crippen LogP contribution in [0.1, 0.15) is 22.3 Å². The van der Waals surface area contributed by atoms with Crippen molar-refractivity contribution in [3.8, 4) is 5.75 Å². The Labute approximate surface area is 125 Å². The van der Waals surface area contributed by atoms with Crippen LogP contribution in [0.5, 0.6) is 5.75 Å². The summed E-state index contributed by atoms with van der Waals surface area (Å²) in [5.41, 5.74) is 5.91. The van der Waals surface area contributed by atoms with Gasteiger partial charge in [-0.1, -0.05) is 35.4 Å². The molecule has 3 heteroatoms. The zero-order valence-corrected chi connectivity index (χ0v) is 13.1. The normalized spacial score (nSPS) is 10.4. The van der Waals surface area contributed by atoms with Crippen LogP contribution >= 0.6 is 11.6 Å². The molecular weight excluding hydrogens is 270 g/mol. The Balaban J connectivity index is 2.26. The van der Waals surface area contributed by atoms with Gasteiger partial charge >= 0.3 is 0 Å². The summed E-state index contributed by atoms with van der Waals surface area (Å²) in [5.74, 6) is 0.812. The zero-order chi connectivity index (χ0) is 14.7. The highest BCUT2D eigenvalue weighted by Crippen LogP contribution is 2.29. The van der Waals surface area contributed by atoms with Crippen molar-refractivity contribution in [2.24, 2.45) is 0 Å². The standard InChI is InChI=1S/C17H20ClNO/c1-11-8-12(2)17(13(3)9-11)19-10-14-15(18)6-5-7-16(14)20-4/h5-9,19H,10H2,1-4H3. The van der Waals surface area contributed by atoms with E-state index in [2.05, 4.69) is 38.2 Å². The molecule has 2 aromatic rings. The van der Waals surface area contributed by atoms with Crippen LogP contribution in [0, 0.1) is 20.8 Å². The van der Waals surface area contributed by atoms with Crippen LogP contribution in [0.4, 0.5) is 5.69 Å². The van der Waals surface area contributed by atoms with Crippen LogP contribution in [0.3, 0.4) is 0 Å². The first-order valence-corrected chi connectivity index (χ1v) is 7.04. The first-order chi connectivity index (χ1) is 9.52. The predicted octanol–water partition coefficient (Wildman–Crippen LogP) is 4.89. The van der Waals surface area contributed by atoms with Gasteiger partial charge in [0.2, 0.25) is 0 Å². The number of aryl methyl sites for hydroxylation is 3. The van der Waals surface area contributed by atoms with Crippen LogP contribution in [-0.4, -0.2) is 7.11 Å². The van der Waals surface area contributed by atoms with Crippen LogP contribution in [-0.2, 0) is 6.54 Å². The third-order valence-corrected chi connectivity index (χ3v) is 3.77. The van der Waals surface area contributed by atoms with Crippen molar-refractivity contribution in [1.82, 2.24) is 0 Å². The van der Waals surface area contributed by atoms with Crippen molar-refractivity contribution in [2.75, 3.05) is 12.4 Å². The van der Waals surface area contributed by atoms with Gasteiger partial charge in [0, 0.05) is 22.8 Å². The Bertz CT molecular complexity index is 599. The minimum absolute atomic E-state index is 0.646. The highest BCUT2D eigenvalue weighted by Gasteiger charge is 2.09. The lowest BCUT2D eigenvalue weighted by Gasteiger charge is -2.16. The lowest BCUT2D eigenvalue weighted by molar-refractivity contribution is 0.410. The maximum Gasteiger partial charge on any atom is 0.125 e. The average Bonchev–Trinajstić information content (AvgIpc) is 2.38. The van der Waals surface area contributed by atoms with E-state index in [0.29, 0.717) is 6.54 Å². The van der Waals surface area contributed by atoms with Gasteiger partial charge in [-0.25, -0.2) is 0 Å².